The fourth-order valence-electron chi connectivity index (χ4n) is 4.82. The molecule has 5 rings (SSSR count). The number of hydrogen-bond donors (Lipinski definition) is 3. The smallest absolute Gasteiger partial charge is 0.424 e. The van der Waals surface area contributed by atoms with Gasteiger partial charge in [-0.1, -0.05) is 23.7 Å². The quantitative estimate of drug-likeness (QED) is 0.235. The van der Waals surface area contributed by atoms with Crippen molar-refractivity contribution >= 4 is 34.3 Å². The first kappa shape index (κ1) is 31.8. The number of rotatable bonds is 8. The lowest BCUT2D eigenvalue weighted by atomic mass is 9.81. The van der Waals surface area contributed by atoms with Crippen LogP contribution < -0.4 is 20.5 Å². The third-order valence-corrected chi connectivity index (χ3v) is 7.88. The molecule has 2 amide bonds. The maximum atomic E-state index is 14.7. The van der Waals surface area contributed by atoms with Crippen LogP contribution in [0.25, 0.3) is 22.2 Å². The van der Waals surface area contributed by atoms with E-state index in [4.69, 9.17) is 26.8 Å². The molecule has 0 fully saturated rings. The van der Waals surface area contributed by atoms with Crippen LogP contribution in [-0.4, -0.2) is 58.1 Å². The minimum atomic E-state index is -5.49. The molecule has 10 nitrogen and oxygen atoms in total. The number of halogens is 7. The second kappa shape index (κ2) is 11.1. The normalized spacial score (nSPS) is 17.6. The number of nitrogens with two attached hydrogens (primary N) is 1. The number of carbonyl (C=O) groups is 2. The zero-order chi connectivity index (χ0) is 33.1. The lowest BCUT2D eigenvalue weighted by Gasteiger charge is -2.31. The Morgan fingerprint density at radius 1 is 1.27 bits per heavy atom. The molecule has 0 spiro atoms. The molecule has 2 atom stereocenters. The molecule has 2 aromatic carbocycles. The number of benzene rings is 2. The lowest BCUT2D eigenvalue weighted by molar-refractivity contribution is -0.265. The Labute approximate surface area is 254 Å². The number of aliphatic hydroxyl groups is 1. The van der Waals surface area contributed by atoms with Crippen molar-refractivity contribution in [1.82, 2.24) is 20.1 Å². The summed E-state index contributed by atoms with van der Waals surface area (Å²) in [6.45, 7) is -3.63. The van der Waals surface area contributed by atoms with Gasteiger partial charge in [0, 0.05) is 28.3 Å². The topological polar surface area (TPSA) is 142 Å². The largest absolute Gasteiger partial charge is 0.494 e. The van der Waals surface area contributed by atoms with Crippen LogP contribution in [0.5, 0.6) is 11.5 Å². The van der Waals surface area contributed by atoms with Crippen molar-refractivity contribution in [3.63, 3.8) is 0 Å². The second-order valence-electron chi connectivity index (χ2n) is 10.4. The molecule has 1 aliphatic rings. The van der Waals surface area contributed by atoms with Crippen LogP contribution in [0.4, 0.5) is 26.3 Å². The van der Waals surface area contributed by atoms with Crippen molar-refractivity contribution in [1.29, 1.82) is 0 Å². The highest BCUT2D eigenvalue weighted by Gasteiger charge is 2.57. The van der Waals surface area contributed by atoms with Gasteiger partial charge in [0.05, 0.1) is 24.4 Å². The number of ether oxygens (including phenoxy) is 2. The molecule has 0 aliphatic carbocycles. The van der Waals surface area contributed by atoms with E-state index in [0.29, 0.717) is 4.68 Å². The third kappa shape index (κ3) is 5.27. The first-order chi connectivity index (χ1) is 21.0. The molecule has 0 saturated heterocycles. The predicted octanol–water partition coefficient (Wildman–Crippen LogP) is 4.61. The number of amides is 2. The average molecular weight is 658 g/mol. The van der Waals surface area contributed by atoms with E-state index in [1.54, 1.807) is 0 Å². The maximum Gasteiger partial charge on any atom is 0.424 e. The van der Waals surface area contributed by atoms with Gasteiger partial charge in [-0.2, -0.15) is 27.1 Å². The number of methoxy groups -OCH3 is 1. The molecule has 0 saturated carbocycles. The molecule has 17 heteroatoms. The zero-order valence-electron chi connectivity index (χ0n) is 23.2. The van der Waals surface area contributed by atoms with Gasteiger partial charge < -0.3 is 25.6 Å². The number of aromatic nitrogens is 3. The number of pyridine rings is 1. The summed E-state index contributed by atoms with van der Waals surface area (Å²) in [6.07, 6.45) is -4.58. The van der Waals surface area contributed by atoms with E-state index in [0.717, 1.165) is 30.5 Å². The van der Waals surface area contributed by atoms with Crippen molar-refractivity contribution in [2.24, 2.45) is 5.73 Å². The maximum absolute atomic E-state index is 14.7. The number of carbonyl (C=O) groups excluding carboxylic acids is 2. The highest BCUT2D eigenvalue weighted by atomic mass is 35.5. The molecule has 1 unspecified atom stereocenters. The minimum Gasteiger partial charge on any atom is -0.494 e. The van der Waals surface area contributed by atoms with E-state index in [-0.39, 0.29) is 39.1 Å². The number of nitrogens with one attached hydrogen (secondary N) is 1. The van der Waals surface area contributed by atoms with Crippen LogP contribution in [0.15, 0.2) is 42.6 Å². The molecular weight excluding hydrogens is 636 g/mol. The van der Waals surface area contributed by atoms with E-state index >= 15 is 0 Å². The molecule has 0 radical (unpaired) electrons. The van der Waals surface area contributed by atoms with Crippen LogP contribution in [0.2, 0.25) is 5.02 Å². The van der Waals surface area contributed by atoms with Gasteiger partial charge in [0.2, 0.25) is 11.5 Å². The Kier molecular flexibility index (Phi) is 7.85. The van der Waals surface area contributed by atoms with Crippen molar-refractivity contribution in [2.75, 3.05) is 20.3 Å². The van der Waals surface area contributed by atoms with Crippen molar-refractivity contribution < 1.29 is 50.5 Å². The van der Waals surface area contributed by atoms with E-state index in [2.05, 4.69) is 10.1 Å². The van der Waals surface area contributed by atoms with E-state index < -0.39 is 70.9 Å². The summed E-state index contributed by atoms with van der Waals surface area (Å²) in [7, 11) is 1.17. The molecule has 238 valence electrons. The van der Waals surface area contributed by atoms with Gasteiger partial charge >= 0.3 is 12.7 Å². The van der Waals surface area contributed by atoms with Gasteiger partial charge in [0.15, 0.2) is 0 Å². The number of hydrogen-bond acceptors (Lipinski definition) is 7. The monoisotopic (exact) mass is 657 g/mol. The highest BCUT2D eigenvalue weighted by molar-refractivity contribution is 6.33. The van der Waals surface area contributed by atoms with Crippen molar-refractivity contribution in [3.05, 3.63) is 70.3 Å². The van der Waals surface area contributed by atoms with E-state index in [1.165, 1.54) is 26.2 Å². The molecule has 45 heavy (non-hydrogen) atoms. The Balaban J connectivity index is 1.60. The van der Waals surface area contributed by atoms with E-state index in [1.807, 2.05) is 5.32 Å². The summed E-state index contributed by atoms with van der Waals surface area (Å²) in [5.74, 6) is -3.38. The Bertz CT molecular complexity index is 1850. The molecule has 0 bridgehead atoms. The van der Waals surface area contributed by atoms with Crippen LogP contribution in [0, 0.1) is 5.82 Å². The predicted molar refractivity (Wildman–Crippen MR) is 147 cm³/mol. The average Bonchev–Trinajstić information content (AvgIpc) is 3.58. The van der Waals surface area contributed by atoms with Crippen molar-refractivity contribution in [2.45, 2.75) is 30.7 Å². The van der Waals surface area contributed by atoms with Gasteiger partial charge in [0.25, 0.3) is 5.91 Å². The Hall–Kier alpha value is -4.57. The molecule has 3 heterocycles. The lowest BCUT2D eigenvalue weighted by Crippen LogP contribution is -2.51. The van der Waals surface area contributed by atoms with Gasteiger partial charge in [-0.25, -0.2) is 14.1 Å². The summed E-state index contributed by atoms with van der Waals surface area (Å²) in [6, 6.07) is 6.40. The van der Waals surface area contributed by atoms with Gasteiger partial charge in [-0.15, -0.1) is 0 Å². The van der Waals surface area contributed by atoms with Gasteiger partial charge in [-0.3, -0.25) is 9.59 Å². The first-order valence-corrected chi connectivity index (χ1v) is 13.2. The van der Waals surface area contributed by atoms with E-state index in [9.17, 15) is 41.0 Å². The zero-order valence-corrected chi connectivity index (χ0v) is 23.9. The molecular formula is C28H22ClF6N5O5. The molecule has 2 aromatic heterocycles. The highest BCUT2D eigenvalue weighted by Crippen LogP contribution is 2.49. The summed E-state index contributed by atoms with van der Waals surface area (Å²) in [5.41, 5.74) is -2.28. The fraction of sp³-hybridized carbons (Fsp3) is 0.286. The third-order valence-electron chi connectivity index (χ3n) is 7.49. The number of fused-ring (bicyclic) bond motifs is 2. The van der Waals surface area contributed by atoms with Gasteiger partial charge in [-0.05, 0) is 31.2 Å². The van der Waals surface area contributed by atoms with Crippen LogP contribution >= 0.6 is 11.6 Å². The summed E-state index contributed by atoms with van der Waals surface area (Å²) < 4.78 is 95.7. The standard InChI is InChI=1S/C28H22ClF6N5O5/c1-26(24(36)42)11-45-22-15(26)8-18(38-21(22)14-4-3-5-16(30)19(14)29)27(43,28(33,34)35)10-37-23(41)12-6-13-9-40(25(31)32)39-20(13)17(7-12)44-2/h3-9,25,43H,10-11H2,1-2H3,(H2,36,42)(H,37,41)/t26-,27?/m0/s1. The summed E-state index contributed by atoms with van der Waals surface area (Å²) in [5, 5.41) is 16.4. The second-order valence-corrected chi connectivity index (χ2v) is 10.7. The first-order valence-electron chi connectivity index (χ1n) is 12.9. The van der Waals surface area contributed by atoms with Crippen LogP contribution in [0.1, 0.15) is 35.1 Å². The number of primary amides is 1. The summed E-state index contributed by atoms with van der Waals surface area (Å²) >= 11 is 6.11. The molecule has 4 N–H and O–H groups in total. The number of nitrogens with zero attached hydrogens (tertiary/aromatic N) is 3. The SMILES string of the molecule is COc1cc(C(=O)NCC(O)(c2cc3c(c(-c4cccc(F)c4Cl)n2)OC[C@]3(C)C(N)=O)C(F)(F)F)cc2cn(C(F)F)nc12. The number of alkyl halides is 5. The summed E-state index contributed by atoms with van der Waals surface area (Å²) in [4.78, 5) is 29.4. The van der Waals surface area contributed by atoms with Crippen LogP contribution in [0.3, 0.4) is 0 Å². The van der Waals surface area contributed by atoms with Gasteiger partial charge in [0.1, 0.15) is 40.5 Å². The van der Waals surface area contributed by atoms with Crippen LogP contribution in [-0.2, 0) is 15.8 Å². The molecule has 1 aliphatic heterocycles. The fourth-order valence-corrected chi connectivity index (χ4v) is 5.04. The molecule has 4 aromatic rings. The van der Waals surface area contributed by atoms with Crippen molar-refractivity contribution in [3.8, 4) is 22.8 Å². The Morgan fingerprint density at radius 3 is 2.60 bits per heavy atom. The minimum absolute atomic E-state index is 0.0218. The Morgan fingerprint density at radius 2 is 1.98 bits per heavy atom.